The van der Waals surface area contributed by atoms with Gasteiger partial charge in [-0.1, -0.05) is 19.9 Å². The van der Waals surface area contributed by atoms with Crippen molar-refractivity contribution in [2.75, 3.05) is 6.54 Å². The Hall–Kier alpha value is -0.960. The van der Waals surface area contributed by atoms with Crippen LogP contribution in [0.25, 0.3) is 0 Å². The molecule has 2 N–H and O–H groups in total. The minimum Gasteiger partial charge on any atom is -0.211 e. The van der Waals surface area contributed by atoms with Gasteiger partial charge in [0.1, 0.15) is 0 Å². The Morgan fingerprint density at radius 2 is 1.68 bits per heavy atom. The fourth-order valence-corrected chi connectivity index (χ4v) is 4.38. The van der Waals surface area contributed by atoms with Crippen molar-refractivity contribution in [3.63, 3.8) is 0 Å². The molecule has 8 heteroatoms. The van der Waals surface area contributed by atoms with Crippen LogP contribution in [0.5, 0.6) is 0 Å². The molecule has 0 aliphatic heterocycles. The van der Waals surface area contributed by atoms with Crippen molar-refractivity contribution in [3.05, 3.63) is 24.3 Å². The highest BCUT2D eigenvalue weighted by molar-refractivity contribution is 7.90. The molecule has 124 valence electrons. The summed E-state index contributed by atoms with van der Waals surface area (Å²) in [5.74, 6) is 0.386. The number of hydrogen-bond acceptors (Lipinski definition) is 4. The lowest BCUT2D eigenvalue weighted by Gasteiger charge is -2.10. The van der Waals surface area contributed by atoms with E-state index in [-0.39, 0.29) is 15.8 Å². The van der Waals surface area contributed by atoms with Crippen LogP contribution in [0.3, 0.4) is 0 Å². The Morgan fingerprint density at radius 3 is 2.23 bits per heavy atom. The molecule has 1 aromatic carbocycles. The lowest BCUT2D eigenvalue weighted by Crippen LogP contribution is -2.27. The molecule has 0 spiro atoms. The molecule has 1 aromatic rings. The third-order valence-corrected chi connectivity index (χ3v) is 6.32. The highest BCUT2D eigenvalue weighted by Gasteiger charge is 2.28. The lowest BCUT2D eigenvalue weighted by molar-refractivity contribution is 0.551. The van der Waals surface area contributed by atoms with Crippen molar-refractivity contribution in [1.82, 2.24) is 9.44 Å². The molecule has 0 atom stereocenters. The van der Waals surface area contributed by atoms with Gasteiger partial charge >= 0.3 is 0 Å². The second-order valence-electron chi connectivity index (χ2n) is 5.95. The summed E-state index contributed by atoms with van der Waals surface area (Å²) in [7, 11) is -7.35. The molecule has 0 amide bonds. The summed E-state index contributed by atoms with van der Waals surface area (Å²) < 4.78 is 53.7. The van der Waals surface area contributed by atoms with Gasteiger partial charge in [-0.05, 0) is 43.4 Å². The summed E-state index contributed by atoms with van der Waals surface area (Å²) >= 11 is 0. The first-order valence-corrected chi connectivity index (χ1v) is 10.3. The number of benzene rings is 1. The van der Waals surface area contributed by atoms with Crippen LogP contribution in [0, 0.1) is 5.92 Å². The van der Waals surface area contributed by atoms with Crippen molar-refractivity contribution in [2.45, 2.75) is 48.9 Å². The van der Waals surface area contributed by atoms with Gasteiger partial charge in [-0.2, -0.15) is 0 Å². The second-order valence-corrected chi connectivity index (χ2v) is 9.43. The van der Waals surface area contributed by atoms with Gasteiger partial charge in [0.05, 0.1) is 9.79 Å². The fourth-order valence-electron chi connectivity index (χ4n) is 1.86. The molecule has 1 saturated carbocycles. The van der Waals surface area contributed by atoms with Crippen molar-refractivity contribution >= 4 is 20.0 Å². The Labute approximate surface area is 132 Å². The zero-order valence-electron chi connectivity index (χ0n) is 12.7. The van der Waals surface area contributed by atoms with Crippen LogP contribution in [0.2, 0.25) is 0 Å². The van der Waals surface area contributed by atoms with E-state index in [0.29, 0.717) is 12.5 Å². The third kappa shape index (κ3) is 4.77. The summed E-state index contributed by atoms with van der Waals surface area (Å²) in [6, 6.07) is 5.42. The third-order valence-electron chi connectivity index (χ3n) is 3.34. The van der Waals surface area contributed by atoms with Gasteiger partial charge in [0.25, 0.3) is 0 Å². The van der Waals surface area contributed by atoms with Gasteiger partial charge in [-0.3, -0.25) is 0 Å². The number of sulfonamides is 2. The fraction of sp³-hybridized carbons (Fsp3) is 0.571. The normalized spacial score (nSPS) is 16.1. The molecule has 1 fully saturated rings. The molecular weight excluding hydrogens is 324 g/mol. The molecule has 0 unspecified atom stereocenters. The largest absolute Gasteiger partial charge is 0.240 e. The maximum atomic E-state index is 12.2. The van der Waals surface area contributed by atoms with E-state index in [1.54, 1.807) is 0 Å². The summed E-state index contributed by atoms with van der Waals surface area (Å²) in [4.78, 5) is -0.0546. The van der Waals surface area contributed by atoms with Gasteiger partial charge in [0.15, 0.2) is 0 Å². The maximum Gasteiger partial charge on any atom is 0.240 e. The predicted molar refractivity (Wildman–Crippen MR) is 84.4 cm³/mol. The molecule has 22 heavy (non-hydrogen) atoms. The van der Waals surface area contributed by atoms with E-state index in [1.807, 2.05) is 13.8 Å². The van der Waals surface area contributed by atoms with Crippen LogP contribution in [-0.4, -0.2) is 29.4 Å². The molecule has 1 aliphatic rings. The van der Waals surface area contributed by atoms with Crippen molar-refractivity contribution < 1.29 is 16.8 Å². The average molecular weight is 346 g/mol. The molecule has 0 bridgehead atoms. The molecular formula is C14H22N2O4S2. The summed E-state index contributed by atoms with van der Waals surface area (Å²) in [5, 5.41) is 0. The quantitative estimate of drug-likeness (QED) is 0.745. The van der Waals surface area contributed by atoms with Crippen LogP contribution < -0.4 is 9.44 Å². The van der Waals surface area contributed by atoms with Crippen molar-refractivity contribution in [2.24, 2.45) is 5.92 Å². The molecule has 6 nitrogen and oxygen atoms in total. The van der Waals surface area contributed by atoms with Crippen LogP contribution >= 0.6 is 0 Å². The standard InChI is InChI=1S/C14H22N2O4S2/c1-11(2)8-9-15-21(17,18)13-4-3-5-14(10-13)22(19,20)16-12-6-7-12/h3-5,10-12,15-16H,6-9H2,1-2H3. The molecule has 0 aromatic heterocycles. The minimum atomic E-state index is -3.69. The monoisotopic (exact) mass is 346 g/mol. The van der Waals surface area contributed by atoms with Gasteiger partial charge < -0.3 is 0 Å². The summed E-state index contributed by atoms with van der Waals surface area (Å²) in [6.45, 7) is 4.34. The SMILES string of the molecule is CC(C)CCNS(=O)(=O)c1cccc(S(=O)(=O)NC2CC2)c1. The van der Waals surface area contributed by atoms with E-state index in [1.165, 1.54) is 24.3 Å². The smallest absolute Gasteiger partial charge is 0.211 e. The molecule has 0 radical (unpaired) electrons. The van der Waals surface area contributed by atoms with Gasteiger partial charge in [-0.15, -0.1) is 0 Å². The van der Waals surface area contributed by atoms with E-state index < -0.39 is 20.0 Å². The van der Waals surface area contributed by atoms with E-state index in [9.17, 15) is 16.8 Å². The minimum absolute atomic E-state index is 0.0190. The van der Waals surface area contributed by atoms with Crippen LogP contribution in [0.4, 0.5) is 0 Å². The highest BCUT2D eigenvalue weighted by atomic mass is 32.2. The van der Waals surface area contributed by atoms with Gasteiger partial charge in [0, 0.05) is 12.6 Å². The molecule has 1 aliphatic carbocycles. The van der Waals surface area contributed by atoms with E-state index in [0.717, 1.165) is 19.3 Å². The van der Waals surface area contributed by atoms with Crippen LogP contribution in [-0.2, 0) is 20.0 Å². The number of hydrogen-bond donors (Lipinski definition) is 2. The molecule has 0 saturated heterocycles. The van der Waals surface area contributed by atoms with E-state index in [2.05, 4.69) is 9.44 Å². The van der Waals surface area contributed by atoms with Gasteiger partial charge in [0.2, 0.25) is 20.0 Å². The summed E-state index contributed by atoms with van der Waals surface area (Å²) in [5.41, 5.74) is 0. The van der Waals surface area contributed by atoms with Crippen molar-refractivity contribution in [1.29, 1.82) is 0 Å². The average Bonchev–Trinajstić information content (AvgIpc) is 3.21. The zero-order valence-corrected chi connectivity index (χ0v) is 14.4. The van der Waals surface area contributed by atoms with Crippen LogP contribution in [0.15, 0.2) is 34.1 Å². The number of rotatable bonds is 8. The Balaban J connectivity index is 2.16. The Kier molecular flexibility index (Phi) is 5.26. The number of nitrogens with one attached hydrogen (secondary N) is 2. The van der Waals surface area contributed by atoms with Crippen LogP contribution in [0.1, 0.15) is 33.1 Å². The lowest BCUT2D eigenvalue weighted by atomic mass is 10.1. The van der Waals surface area contributed by atoms with E-state index >= 15 is 0 Å². The zero-order chi connectivity index (χ0) is 16.4. The first-order chi connectivity index (χ1) is 10.2. The maximum absolute atomic E-state index is 12.2. The first-order valence-electron chi connectivity index (χ1n) is 7.33. The predicted octanol–water partition coefficient (Wildman–Crippen LogP) is 1.45. The summed E-state index contributed by atoms with van der Waals surface area (Å²) in [6.07, 6.45) is 2.38. The van der Waals surface area contributed by atoms with Crippen molar-refractivity contribution in [3.8, 4) is 0 Å². The second kappa shape index (κ2) is 6.66. The highest BCUT2D eigenvalue weighted by Crippen LogP contribution is 2.23. The topological polar surface area (TPSA) is 92.3 Å². The first kappa shape index (κ1) is 17.4. The Bertz CT molecular complexity index is 723. The Morgan fingerprint density at radius 1 is 1.09 bits per heavy atom. The van der Waals surface area contributed by atoms with E-state index in [4.69, 9.17) is 0 Å². The molecule has 0 heterocycles. The van der Waals surface area contributed by atoms with Gasteiger partial charge in [-0.25, -0.2) is 26.3 Å². The molecule has 2 rings (SSSR count).